The molecule has 0 aliphatic carbocycles. The fourth-order valence-corrected chi connectivity index (χ4v) is 1.07. The minimum Gasteiger partial charge on any atom is -0.366 e. The van der Waals surface area contributed by atoms with Gasteiger partial charge in [-0.2, -0.15) is 39.5 Å². The van der Waals surface area contributed by atoms with E-state index in [4.69, 9.17) is 0 Å². The molecule has 0 amide bonds. The lowest BCUT2D eigenvalue weighted by Crippen LogP contribution is -2.58. The Kier molecular flexibility index (Phi) is 3.10. The number of halogens is 9. The average molecular weight is 276 g/mol. The van der Waals surface area contributed by atoms with Crippen molar-refractivity contribution in [2.75, 3.05) is 6.61 Å². The van der Waals surface area contributed by atoms with Gasteiger partial charge in [0.05, 0.1) is 6.61 Å². The quantitative estimate of drug-likeness (QED) is 0.567. The highest BCUT2D eigenvalue weighted by Gasteiger charge is 2.77. The summed E-state index contributed by atoms with van der Waals surface area (Å²) in [7, 11) is 0. The van der Waals surface area contributed by atoms with Crippen molar-refractivity contribution in [3.8, 4) is 0 Å². The highest BCUT2D eigenvalue weighted by atomic mass is 19.4. The van der Waals surface area contributed by atoms with Crippen LogP contribution in [0.25, 0.3) is 0 Å². The van der Waals surface area contributed by atoms with Crippen molar-refractivity contribution in [1.82, 2.24) is 0 Å². The summed E-state index contributed by atoms with van der Waals surface area (Å²) in [5.41, 5.74) is 0. The Morgan fingerprint density at radius 3 is 1.59 bits per heavy atom. The van der Waals surface area contributed by atoms with Crippen molar-refractivity contribution in [3.05, 3.63) is 0 Å². The van der Waals surface area contributed by atoms with E-state index in [0.717, 1.165) is 0 Å². The van der Waals surface area contributed by atoms with E-state index in [1.165, 1.54) is 0 Å². The van der Waals surface area contributed by atoms with E-state index in [0.29, 0.717) is 0 Å². The van der Waals surface area contributed by atoms with Gasteiger partial charge in [0.2, 0.25) is 0 Å². The Bertz CT molecular complexity index is 290. The molecule has 1 saturated heterocycles. The zero-order valence-electron chi connectivity index (χ0n) is 7.80. The van der Waals surface area contributed by atoms with Crippen LogP contribution in [0.2, 0.25) is 0 Å². The second-order valence-corrected chi connectivity index (χ2v) is 3.52. The predicted molar refractivity (Wildman–Crippen MR) is 35.3 cm³/mol. The third-order valence-corrected chi connectivity index (χ3v) is 2.04. The van der Waals surface area contributed by atoms with E-state index in [1.54, 1.807) is 0 Å². The topological polar surface area (TPSA) is 12.5 Å². The molecule has 1 aliphatic rings. The first-order valence-electron chi connectivity index (χ1n) is 4.13. The highest BCUT2D eigenvalue weighted by molar-refractivity contribution is 5.04. The van der Waals surface area contributed by atoms with E-state index in [2.05, 4.69) is 4.74 Å². The first-order valence-corrected chi connectivity index (χ1v) is 4.13. The number of ether oxygens (including phenoxy) is 1. The molecule has 0 bridgehead atoms. The van der Waals surface area contributed by atoms with Crippen LogP contribution < -0.4 is 0 Å². The molecule has 0 N–H and O–H groups in total. The Labute approximate surface area is 88.5 Å². The molecular formula is C7H5F9O. The summed E-state index contributed by atoms with van der Waals surface area (Å²) < 4.78 is 115. The van der Waals surface area contributed by atoms with E-state index < -0.39 is 43.1 Å². The third-order valence-electron chi connectivity index (χ3n) is 2.04. The van der Waals surface area contributed by atoms with Crippen LogP contribution in [0.15, 0.2) is 0 Å². The van der Waals surface area contributed by atoms with Crippen molar-refractivity contribution in [3.63, 3.8) is 0 Å². The second kappa shape index (κ2) is 3.66. The average Bonchev–Trinajstić information content (AvgIpc) is 2.79. The second-order valence-electron chi connectivity index (χ2n) is 3.52. The summed E-state index contributed by atoms with van der Waals surface area (Å²) in [6, 6.07) is 0. The molecule has 1 atom stereocenters. The van der Waals surface area contributed by atoms with Gasteiger partial charge in [-0.15, -0.1) is 0 Å². The van der Waals surface area contributed by atoms with Gasteiger partial charge in [0.25, 0.3) is 0 Å². The molecule has 1 heterocycles. The third kappa shape index (κ3) is 2.61. The Hall–Kier alpha value is -0.670. The number of rotatable bonds is 4. The normalized spacial score (nSPS) is 22.8. The SMILES string of the molecule is FC(F)(F)CC(F)(F)C(F)(F)C(F)(F)C1CO1. The lowest BCUT2D eigenvalue weighted by atomic mass is 9.99. The highest BCUT2D eigenvalue weighted by Crippen LogP contribution is 2.53. The summed E-state index contributed by atoms with van der Waals surface area (Å²) in [5, 5.41) is 0. The molecule has 1 rings (SSSR count). The van der Waals surface area contributed by atoms with Crippen LogP contribution in [0.5, 0.6) is 0 Å². The zero-order valence-corrected chi connectivity index (χ0v) is 7.80. The molecule has 0 spiro atoms. The Morgan fingerprint density at radius 2 is 1.29 bits per heavy atom. The summed E-state index contributed by atoms with van der Waals surface area (Å²) in [6.07, 6.45) is -11.5. The molecule has 0 aromatic rings. The van der Waals surface area contributed by atoms with Gasteiger partial charge in [0, 0.05) is 0 Å². The smallest absolute Gasteiger partial charge is 0.366 e. The molecule has 1 nitrogen and oxygen atoms in total. The lowest BCUT2D eigenvalue weighted by molar-refractivity contribution is -0.334. The minimum atomic E-state index is -6.13. The van der Waals surface area contributed by atoms with Crippen molar-refractivity contribution in [2.45, 2.75) is 36.5 Å². The van der Waals surface area contributed by atoms with E-state index in [9.17, 15) is 39.5 Å². The largest absolute Gasteiger partial charge is 0.395 e. The number of epoxide rings is 1. The fraction of sp³-hybridized carbons (Fsp3) is 1.00. The van der Waals surface area contributed by atoms with Crippen LogP contribution in [-0.2, 0) is 4.74 Å². The molecule has 0 aromatic heterocycles. The van der Waals surface area contributed by atoms with E-state index in [1.807, 2.05) is 0 Å². The van der Waals surface area contributed by atoms with Crippen molar-refractivity contribution in [2.24, 2.45) is 0 Å². The molecule has 102 valence electrons. The number of hydrogen-bond acceptors (Lipinski definition) is 1. The molecule has 1 unspecified atom stereocenters. The Morgan fingerprint density at radius 1 is 0.882 bits per heavy atom. The van der Waals surface area contributed by atoms with E-state index >= 15 is 0 Å². The molecule has 10 heteroatoms. The Balaban J connectivity index is 2.94. The van der Waals surface area contributed by atoms with Gasteiger partial charge in [-0.25, -0.2) is 0 Å². The van der Waals surface area contributed by atoms with Crippen LogP contribution in [0, 0.1) is 0 Å². The van der Waals surface area contributed by atoms with Crippen molar-refractivity contribution in [1.29, 1.82) is 0 Å². The van der Waals surface area contributed by atoms with Gasteiger partial charge in [-0.3, -0.25) is 0 Å². The van der Waals surface area contributed by atoms with Crippen LogP contribution in [0.3, 0.4) is 0 Å². The number of hydrogen-bond donors (Lipinski definition) is 0. The maximum atomic E-state index is 12.7. The predicted octanol–water partition coefficient (Wildman–Crippen LogP) is 3.24. The maximum Gasteiger partial charge on any atom is 0.395 e. The van der Waals surface area contributed by atoms with Gasteiger partial charge >= 0.3 is 23.9 Å². The minimum absolute atomic E-state index is 0.898. The van der Waals surface area contributed by atoms with E-state index in [-0.39, 0.29) is 0 Å². The molecule has 1 aliphatic heterocycles. The van der Waals surface area contributed by atoms with Crippen LogP contribution >= 0.6 is 0 Å². The van der Waals surface area contributed by atoms with Crippen LogP contribution in [0.4, 0.5) is 39.5 Å². The number of alkyl halides is 9. The van der Waals surface area contributed by atoms with Crippen molar-refractivity contribution < 1.29 is 44.3 Å². The van der Waals surface area contributed by atoms with Gasteiger partial charge in [-0.1, -0.05) is 0 Å². The maximum absolute atomic E-state index is 12.7. The molecule has 0 saturated carbocycles. The summed E-state index contributed by atoms with van der Waals surface area (Å²) in [4.78, 5) is 0. The van der Waals surface area contributed by atoms with Gasteiger partial charge in [0.1, 0.15) is 6.42 Å². The summed E-state index contributed by atoms with van der Waals surface area (Å²) in [5.74, 6) is -17.4. The molecule has 1 fully saturated rings. The molecule has 17 heavy (non-hydrogen) atoms. The molecule has 0 radical (unpaired) electrons. The zero-order chi connectivity index (χ0) is 13.7. The van der Waals surface area contributed by atoms with Gasteiger partial charge in [-0.05, 0) is 0 Å². The standard InChI is InChI=1S/C7H5F9O/c8-4(9,2-5(10,11)12)7(15,16)6(13,14)3-1-17-3/h3H,1-2H2. The fourth-order valence-electron chi connectivity index (χ4n) is 1.07. The first-order chi connectivity index (χ1) is 7.31. The summed E-state index contributed by atoms with van der Waals surface area (Å²) in [6.45, 7) is -0.898. The van der Waals surface area contributed by atoms with Gasteiger partial charge < -0.3 is 4.74 Å². The van der Waals surface area contributed by atoms with Gasteiger partial charge in [0.15, 0.2) is 6.10 Å². The lowest BCUT2D eigenvalue weighted by Gasteiger charge is -2.32. The van der Waals surface area contributed by atoms with Crippen LogP contribution in [0.1, 0.15) is 6.42 Å². The first kappa shape index (κ1) is 14.4. The summed E-state index contributed by atoms with van der Waals surface area (Å²) >= 11 is 0. The monoisotopic (exact) mass is 276 g/mol. The van der Waals surface area contributed by atoms with Crippen LogP contribution in [-0.4, -0.2) is 36.7 Å². The molecule has 0 aromatic carbocycles. The van der Waals surface area contributed by atoms with Crippen molar-refractivity contribution >= 4 is 0 Å². The molecular weight excluding hydrogens is 271 g/mol.